The zero-order valence-corrected chi connectivity index (χ0v) is 13.9. The number of carbonyl (C=O) groups is 1. The molecule has 0 aromatic carbocycles. The fourth-order valence-corrected chi connectivity index (χ4v) is 4.57. The van der Waals surface area contributed by atoms with Crippen LogP contribution in [0.4, 0.5) is 0 Å². The van der Waals surface area contributed by atoms with E-state index in [0.29, 0.717) is 5.92 Å². The monoisotopic (exact) mass is 295 g/mol. The van der Waals surface area contributed by atoms with Gasteiger partial charge < -0.3 is 10.0 Å². The zero-order valence-electron chi connectivity index (χ0n) is 13.9. The van der Waals surface area contributed by atoms with E-state index < -0.39 is 11.4 Å². The molecule has 1 saturated heterocycles. The Morgan fingerprint density at radius 2 is 2.05 bits per heavy atom. The molecule has 2 rings (SSSR count). The molecule has 0 aromatic rings. The van der Waals surface area contributed by atoms with E-state index in [4.69, 9.17) is 0 Å². The fourth-order valence-electron chi connectivity index (χ4n) is 4.57. The Morgan fingerprint density at radius 1 is 1.24 bits per heavy atom. The lowest BCUT2D eigenvalue weighted by Gasteiger charge is -2.40. The molecule has 0 bridgehead atoms. The maximum Gasteiger partial charge on any atom is 0.310 e. The predicted molar refractivity (Wildman–Crippen MR) is 86.4 cm³/mol. The third kappa shape index (κ3) is 4.45. The molecule has 0 spiro atoms. The summed E-state index contributed by atoms with van der Waals surface area (Å²) >= 11 is 0. The highest BCUT2D eigenvalue weighted by molar-refractivity contribution is 5.75. The van der Waals surface area contributed by atoms with Gasteiger partial charge in [0.2, 0.25) is 0 Å². The molecule has 1 saturated carbocycles. The van der Waals surface area contributed by atoms with Crippen molar-refractivity contribution in [3.8, 4) is 0 Å². The van der Waals surface area contributed by atoms with Gasteiger partial charge in [-0.25, -0.2) is 0 Å². The molecule has 1 aliphatic carbocycles. The van der Waals surface area contributed by atoms with E-state index in [0.717, 1.165) is 44.8 Å². The minimum Gasteiger partial charge on any atom is -0.481 e. The van der Waals surface area contributed by atoms with Gasteiger partial charge >= 0.3 is 5.97 Å². The first kappa shape index (κ1) is 16.8. The minimum atomic E-state index is -0.552. The van der Waals surface area contributed by atoms with Crippen LogP contribution >= 0.6 is 0 Å². The highest BCUT2D eigenvalue weighted by Gasteiger charge is 2.43. The van der Waals surface area contributed by atoms with Gasteiger partial charge in [-0.05, 0) is 57.0 Å². The van der Waals surface area contributed by atoms with Gasteiger partial charge in [0.1, 0.15) is 0 Å². The number of nitrogens with zero attached hydrogens (tertiary/aromatic N) is 1. The van der Waals surface area contributed by atoms with Gasteiger partial charge in [-0.15, -0.1) is 0 Å². The van der Waals surface area contributed by atoms with E-state index in [1.54, 1.807) is 0 Å². The van der Waals surface area contributed by atoms with E-state index in [-0.39, 0.29) is 0 Å². The van der Waals surface area contributed by atoms with Crippen molar-refractivity contribution in [2.45, 2.75) is 71.6 Å². The molecule has 0 amide bonds. The standard InChI is InChI=1S/C18H33NO2/c1-3-6-16-8-5-11-19(12-9-16)14-18(17(20)21)10-4-7-15(2)13-18/h15-16H,3-14H2,1-2H3,(H,20,21). The predicted octanol–water partition coefficient (Wildman–Crippen LogP) is 4.17. The number of aliphatic carboxylic acids is 1. The maximum absolute atomic E-state index is 11.9. The largest absolute Gasteiger partial charge is 0.481 e. The third-order valence-electron chi connectivity index (χ3n) is 5.71. The lowest BCUT2D eigenvalue weighted by molar-refractivity contribution is -0.153. The maximum atomic E-state index is 11.9. The Bertz CT molecular complexity index is 344. The van der Waals surface area contributed by atoms with Gasteiger partial charge in [-0.1, -0.05) is 39.5 Å². The second kappa shape index (κ2) is 7.62. The van der Waals surface area contributed by atoms with Gasteiger partial charge in [-0.2, -0.15) is 0 Å². The van der Waals surface area contributed by atoms with Gasteiger partial charge in [0.25, 0.3) is 0 Å². The van der Waals surface area contributed by atoms with Crippen molar-refractivity contribution < 1.29 is 9.90 Å². The SMILES string of the molecule is CCCC1CCCN(CC2(C(=O)O)CCCC(C)C2)CC1. The number of carboxylic acids is 1. The molecule has 3 heteroatoms. The first-order valence-corrected chi connectivity index (χ1v) is 9.01. The minimum absolute atomic E-state index is 0.470. The molecule has 3 nitrogen and oxygen atoms in total. The summed E-state index contributed by atoms with van der Waals surface area (Å²) < 4.78 is 0. The smallest absolute Gasteiger partial charge is 0.310 e. The molecule has 3 unspecified atom stereocenters. The third-order valence-corrected chi connectivity index (χ3v) is 5.71. The summed E-state index contributed by atoms with van der Waals surface area (Å²) in [6.45, 7) is 7.48. The Hall–Kier alpha value is -0.570. The van der Waals surface area contributed by atoms with Crippen LogP contribution in [0.5, 0.6) is 0 Å². The molecule has 2 fully saturated rings. The quantitative estimate of drug-likeness (QED) is 0.827. The molecule has 2 aliphatic rings. The van der Waals surface area contributed by atoms with Gasteiger partial charge in [-0.3, -0.25) is 4.79 Å². The number of hydrogen-bond acceptors (Lipinski definition) is 2. The number of likely N-dealkylation sites (tertiary alicyclic amines) is 1. The van der Waals surface area contributed by atoms with E-state index in [9.17, 15) is 9.90 Å². The van der Waals surface area contributed by atoms with Crippen LogP contribution in [0.15, 0.2) is 0 Å². The normalized spacial score (nSPS) is 35.3. The van der Waals surface area contributed by atoms with Crippen LogP contribution in [0.3, 0.4) is 0 Å². The van der Waals surface area contributed by atoms with Crippen LogP contribution in [-0.2, 0) is 4.79 Å². The lowest BCUT2D eigenvalue weighted by atomic mass is 9.69. The Balaban J connectivity index is 1.96. The summed E-state index contributed by atoms with van der Waals surface area (Å²) in [5.74, 6) is 0.879. The highest BCUT2D eigenvalue weighted by Crippen LogP contribution is 2.40. The molecular weight excluding hydrogens is 262 g/mol. The first-order valence-electron chi connectivity index (χ1n) is 9.01. The lowest BCUT2D eigenvalue weighted by Crippen LogP contribution is -2.46. The topological polar surface area (TPSA) is 40.5 Å². The summed E-state index contributed by atoms with van der Waals surface area (Å²) in [6, 6.07) is 0. The summed E-state index contributed by atoms with van der Waals surface area (Å²) in [5, 5.41) is 9.82. The molecule has 21 heavy (non-hydrogen) atoms. The van der Waals surface area contributed by atoms with Crippen LogP contribution in [0.1, 0.15) is 71.6 Å². The molecule has 1 aliphatic heterocycles. The van der Waals surface area contributed by atoms with Crippen molar-refractivity contribution >= 4 is 5.97 Å². The van der Waals surface area contributed by atoms with Crippen molar-refractivity contribution in [3.63, 3.8) is 0 Å². The number of hydrogen-bond donors (Lipinski definition) is 1. The number of rotatable bonds is 5. The first-order chi connectivity index (χ1) is 10.1. The van der Waals surface area contributed by atoms with Crippen molar-refractivity contribution in [2.24, 2.45) is 17.3 Å². The van der Waals surface area contributed by atoms with Gasteiger partial charge in [0, 0.05) is 6.54 Å². The van der Waals surface area contributed by atoms with E-state index in [1.165, 1.54) is 38.5 Å². The molecular formula is C18H33NO2. The fraction of sp³-hybridized carbons (Fsp3) is 0.944. The molecule has 122 valence electrons. The van der Waals surface area contributed by atoms with Crippen LogP contribution in [0.25, 0.3) is 0 Å². The van der Waals surface area contributed by atoms with Gasteiger partial charge in [0.15, 0.2) is 0 Å². The van der Waals surface area contributed by atoms with Crippen molar-refractivity contribution in [1.29, 1.82) is 0 Å². The molecule has 0 radical (unpaired) electrons. The van der Waals surface area contributed by atoms with E-state index in [1.807, 2.05) is 0 Å². The Kier molecular flexibility index (Phi) is 6.09. The zero-order chi connectivity index (χ0) is 15.3. The van der Waals surface area contributed by atoms with Crippen molar-refractivity contribution in [1.82, 2.24) is 4.90 Å². The molecule has 0 aromatic heterocycles. The van der Waals surface area contributed by atoms with Crippen molar-refractivity contribution in [3.05, 3.63) is 0 Å². The van der Waals surface area contributed by atoms with E-state index >= 15 is 0 Å². The average molecular weight is 295 g/mol. The molecule has 3 atom stereocenters. The van der Waals surface area contributed by atoms with Gasteiger partial charge in [0.05, 0.1) is 5.41 Å². The van der Waals surface area contributed by atoms with Crippen LogP contribution in [0, 0.1) is 17.3 Å². The second-order valence-corrected chi connectivity index (χ2v) is 7.65. The second-order valence-electron chi connectivity index (χ2n) is 7.65. The Morgan fingerprint density at radius 3 is 2.71 bits per heavy atom. The van der Waals surface area contributed by atoms with Crippen molar-refractivity contribution in [2.75, 3.05) is 19.6 Å². The summed E-state index contributed by atoms with van der Waals surface area (Å²) in [6.07, 6.45) is 10.5. The van der Waals surface area contributed by atoms with Crippen LogP contribution < -0.4 is 0 Å². The average Bonchev–Trinajstić information content (AvgIpc) is 2.65. The number of carboxylic acid groups (broad SMARTS) is 1. The molecule has 1 N–H and O–H groups in total. The summed E-state index contributed by atoms with van der Waals surface area (Å²) in [7, 11) is 0. The molecule has 1 heterocycles. The van der Waals surface area contributed by atoms with Crippen LogP contribution in [-0.4, -0.2) is 35.6 Å². The highest BCUT2D eigenvalue weighted by atomic mass is 16.4. The summed E-state index contributed by atoms with van der Waals surface area (Å²) in [4.78, 5) is 14.4. The van der Waals surface area contributed by atoms with E-state index in [2.05, 4.69) is 18.7 Å². The Labute approximate surface area is 130 Å². The summed E-state index contributed by atoms with van der Waals surface area (Å²) in [5.41, 5.74) is -0.470. The van der Waals surface area contributed by atoms with Crippen LogP contribution in [0.2, 0.25) is 0 Å².